The van der Waals surface area contributed by atoms with Gasteiger partial charge in [-0.25, -0.2) is 4.79 Å². The Labute approximate surface area is 77.8 Å². The lowest BCUT2D eigenvalue weighted by molar-refractivity contribution is -0.140. The lowest BCUT2D eigenvalue weighted by atomic mass is 10.1. The van der Waals surface area contributed by atoms with Gasteiger partial charge in [0.15, 0.2) is 0 Å². The third-order valence-corrected chi connectivity index (χ3v) is 2.41. The molecule has 1 atom stereocenters. The molecule has 1 unspecified atom stereocenters. The molecule has 1 rings (SSSR count). The van der Waals surface area contributed by atoms with Crippen LogP contribution in [0.15, 0.2) is 11.9 Å². The zero-order chi connectivity index (χ0) is 10.1. The maximum absolute atomic E-state index is 13.0. The molecule has 0 heterocycles. The summed E-state index contributed by atoms with van der Waals surface area (Å²) in [5.41, 5.74) is 0.157. The number of hydrogen-bond donors (Lipinski definition) is 0. The van der Waals surface area contributed by atoms with Gasteiger partial charge < -0.3 is 4.74 Å². The quantitative estimate of drug-likeness (QED) is 0.500. The molecule has 0 bridgehead atoms. The SMILES string of the molecule is CCOC(=O)/C(F)=C\C1CC1(C)C. The van der Waals surface area contributed by atoms with E-state index in [1.54, 1.807) is 6.92 Å². The second kappa shape index (κ2) is 3.48. The molecule has 13 heavy (non-hydrogen) atoms. The van der Waals surface area contributed by atoms with Gasteiger partial charge in [0.25, 0.3) is 0 Å². The van der Waals surface area contributed by atoms with Gasteiger partial charge in [0.2, 0.25) is 5.83 Å². The van der Waals surface area contributed by atoms with E-state index in [-0.39, 0.29) is 17.9 Å². The van der Waals surface area contributed by atoms with E-state index < -0.39 is 11.8 Å². The van der Waals surface area contributed by atoms with Crippen LogP contribution in [0.1, 0.15) is 27.2 Å². The normalized spacial score (nSPS) is 25.5. The third-order valence-electron chi connectivity index (χ3n) is 2.41. The van der Waals surface area contributed by atoms with E-state index in [9.17, 15) is 9.18 Å². The summed E-state index contributed by atoms with van der Waals surface area (Å²) in [6.07, 6.45) is 2.32. The number of esters is 1. The van der Waals surface area contributed by atoms with Crippen molar-refractivity contribution in [3.05, 3.63) is 11.9 Å². The van der Waals surface area contributed by atoms with Gasteiger partial charge in [-0.1, -0.05) is 13.8 Å². The van der Waals surface area contributed by atoms with Crippen LogP contribution >= 0.6 is 0 Å². The first kappa shape index (κ1) is 10.2. The largest absolute Gasteiger partial charge is 0.461 e. The number of carbonyl (C=O) groups excluding carboxylic acids is 1. The minimum atomic E-state index is -0.842. The summed E-state index contributed by atoms with van der Waals surface area (Å²) in [7, 11) is 0. The molecule has 0 aromatic heterocycles. The van der Waals surface area contributed by atoms with E-state index in [4.69, 9.17) is 0 Å². The molecule has 1 saturated carbocycles. The van der Waals surface area contributed by atoms with Crippen LogP contribution in [0.5, 0.6) is 0 Å². The molecule has 0 amide bonds. The Morgan fingerprint density at radius 1 is 1.69 bits per heavy atom. The summed E-state index contributed by atoms with van der Waals surface area (Å²) in [5.74, 6) is -1.40. The molecular weight excluding hydrogens is 171 g/mol. The first-order chi connectivity index (χ1) is 5.97. The monoisotopic (exact) mass is 186 g/mol. The Morgan fingerprint density at radius 2 is 2.23 bits per heavy atom. The van der Waals surface area contributed by atoms with Gasteiger partial charge in [0.05, 0.1) is 6.61 Å². The fourth-order valence-corrected chi connectivity index (χ4v) is 1.24. The van der Waals surface area contributed by atoms with E-state index >= 15 is 0 Å². The molecule has 0 aromatic carbocycles. The standard InChI is InChI=1S/C10H15FO2/c1-4-13-9(12)8(11)5-7-6-10(7,2)3/h5,7H,4,6H2,1-3H3/b8-5+. The molecule has 1 aliphatic rings. The molecule has 1 aliphatic carbocycles. The fourth-order valence-electron chi connectivity index (χ4n) is 1.24. The number of allylic oxidation sites excluding steroid dienone is 1. The van der Waals surface area contributed by atoms with Gasteiger partial charge in [-0.2, -0.15) is 4.39 Å². The van der Waals surface area contributed by atoms with Crippen LogP contribution in [0.4, 0.5) is 4.39 Å². The van der Waals surface area contributed by atoms with Gasteiger partial charge in [-0.05, 0) is 30.8 Å². The molecule has 0 aromatic rings. The molecule has 0 radical (unpaired) electrons. The van der Waals surface area contributed by atoms with Crippen molar-refractivity contribution in [1.29, 1.82) is 0 Å². The predicted molar refractivity (Wildman–Crippen MR) is 47.7 cm³/mol. The number of rotatable bonds is 3. The molecular formula is C10H15FO2. The van der Waals surface area contributed by atoms with Crippen molar-refractivity contribution in [1.82, 2.24) is 0 Å². The topological polar surface area (TPSA) is 26.3 Å². The number of halogens is 1. The highest BCUT2D eigenvalue weighted by Crippen LogP contribution is 2.52. The maximum atomic E-state index is 13.0. The van der Waals surface area contributed by atoms with Crippen molar-refractivity contribution in [2.75, 3.05) is 6.61 Å². The van der Waals surface area contributed by atoms with Crippen molar-refractivity contribution in [3.8, 4) is 0 Å². The van der Waals surface area contributed by atoms with Crippen molar-refractivity contribution < 1.29 is 13.9 Å². The molecule has 1 fully saturated rings. The second-order valence-electron chi connectivity index (χ2n) is 4.03. The first-order valence-corrected chi connectivity index (χ1v) is 4.52. The van der Waals surface area contributed by atoms with E-state index in [1.165, 1.54) is 6.08 Å². The van der Waals surface area contributed by atoms with E-state index in [0.717, 1.165) is 6.42 Å². The van der Waals surface area contributed by atoms with Gasteiger partial charge in [-0.3, -0.25) is 0 Å². The highest BCUT2D eigenvalue weighted by atomic mass is 19.1. The van der Waals surface area contributed by atoms with Gasteiger partial charge in [0, 0.05) is 0 Å². The minimum Gasteiger partial charge on any atom is -0.461 e. The van der Waals surface area contributed by atoms with Crippen LogP contribution in [0, 0.1) is 11.3 Å². The maximum Gasteiger partial charge on any atom is 0.366 e. The third kappa shape index (κ3) is 2.54. The van der Waals surface area contributed by atoms with Crippen molar-refractivity contribution >= 4 is 5.97 Å². The van der Waals surface area contributed by atoms with Crippen LogP contribution in [0.25, 0.3) is 0 Å². The Bertz CT molecular complexity index is 243. The van der Waals surface area contributed by atoms with Crippen LogP contribution in [-0.2, 0) is 9.53 Å². The average molecular weight is 186 g/mol. The molecule has 0 aliphatic heterocycles. The zero-order valence-electron chi connectivity index (χ0n) is 8.26. The van der Waals surface area contributed by atoms with Crippen molar-refractivity contribution in [3.63, 3.8) is 0 Å². The zero-order valence-corrected chi connectivity index (χ0v) is 8.26. The number of ether oxygens (including phenoxy) is 1. The first-order valence-electron chi connectivity index (χ1n) is 4.52. The Balaban J connectivity index is 2.48. The summed E-state index contributed by atoms with van der Waals surface area (Å²) >= 11 is 0. The highest BCUT2D eigenvalue weighted by Gasteiger charge is 2.44. The molecule has 0 N–H and O–H groups in total. The minimum absolute atomic E-state index is 0.157. The van der Waals surface area contributed by atoms with Crippen LogP contribution in [0.3, 0.4) is 0 Å². The van der Waals surface area contributed by atoms with Gasteiger partial charge in [-0.15, -0.1) is 0 Å². The molecule has 0 saturated heterocycles. The van der Waals surface area contributed by atoms with E-state index in [1.807, 2.05) is 13.8 Å². The second-order valence-corrected chi connectivity index (χ2v) is 4.03. The van der Waals surface area contributed by atoms with Crippen molar-refractivity contribution in [2.24, 2.45) is 11.3 Å². The summed E-state index contributed by atoms with van der Waals surface area (Å²) in [6, 6.07) is 0. The predicted octanol–water partition coefficient (Wildman–Crippen LogP) is 2.45. The van der Waals surface area contributed by atoms with Crippen LogP contribution in [-0.4, -0.2) is 12.6 Å². The Kier molecular flexibility index (Phi) is 2.74. The lowest BCUT2D eigenvalue weighted by Gasteiger charge is -1.99. The number of hydrogen-bond acceptors (Lipinski definition) is 2. The summed E-state index contributed by atoms with van der Waals surface area (Å²) < 4.78 is 17.5. The Morgan fingerprint density at radius 3 is 2.62 bits per heavy atom. The molecule has 74 valence electrons. The van der Waals surface area contributed by atoms with E-state index in [0.29, 0.717) is 0 Å². The smallest absolute Gasteiger partial charge is 0.366 e. The van der Waals surface area contributed by atoms with E-state index in [2.05, 4.69) is 4.74 Å². The summed E-state index contributed by atoms with van der Waals surface area (Å²) in [6.45, 7) is 5.97. The molecule has 3 heteroatoms. The summed E-state index contributed by atoms with van der Waals surface area (Å²) in [5, 5.41) is 0. The fraction of sp³-hybridized carbons (Fsp3) is 0.700. The molecule has 2 nitrogen and oxygen atoms in total. The van der Waals surface area contributed by atoms with Gasteiger partial charge in [0.1, 0.15) is 0 Å². The lowest BCUT2D eigenvalue weighted by Crippen LogP contribution is -2.04. The van der Waals surface area contributed by atoms with Crippen LogP contribution < -0.4 is 0 Å². The summed E-state index contributed by atoms with van der Waals surface area (Å²) in [4.78, 5) is 10.9. The van der Waals surface area contributed by atoms with Gasteiger partial charge >= 0.3 is 5.97 Å². The molecule has 0 spiro atoms. The number of carbonyl (C=O) groups is 1. The van der Waals surface area contributed by atoms with Crippen LogP contribution in [0.2, 0.25) is 0 Å². The average Bonchev–Trinajstić information content (AvgIpc) is 2.59. The van der Waals surface area contributed by atoms with Crippen molar-refractivity contribution in [2.45, 2.75) is 27.2 Å². The Hall–Kier alpha value is -0.860. The highest BCUT2D eigenvalue weighted by molar-refractivity contribution is 5.86.